The van der Waals surface area contributed by atoms with Crippen LogP contribution in [0.3, 0.4) is 0 Å². The molecule has 4 aliphatic rings. The fraction of sp³-hybridized carbons (Fsp3) is 0.800. The molecule has 0 amide bonds. The predicted octanol–water partition coefficient (Wildman–Crippen LogP) is 2.65. The van der Waals surface area contributed by atoms with E-state index in [1.807, 2.05) is 0 Å². The van der Waals surface area contributed by atoms with E-state index in [1.54, 1.807) is 5.57 Å². The molecule has 0 saturated carbocycles. The zero-order chi connectivity index (χ0) is 11.2. The highest BCUT2D eigenvalue weighted by Gasteiger charge is 2.41. The summed E-state index contributed by atoms with van der Waals surface area (Å²) in [4.78, 5) is 7.60. The van der Waals surface area contributed by atoms with Crippen LogP contribution in [0.2, 0.25) is 0 Å². The fourth-order valence-electron chi connectivity index (χ4n) is 4.47. The minimum Gasteiger partial charge on any atom is -0.299 e. The molecule has 0 aromatic heterocycles. The molecule has 0 radical (unpaired) electrons. The molecule has 2 fully saturated rings. The van der Waals surface area contributed by atoms with Crippen LogP contribution in [-0.2, 0) is 0 Å². The molecule has 17 heavy (non-hydrogen) atoms. The minimum absolute atomic E-state index is 0.773. The smallest absolute Gasteiger partial charge is 0.0421 e. The van der Waals surface area contributed by atoms with E-state index in [9.17, 15) is 0 Å². The Morgan fingerprint density at radius 3 is 3.24 bits per heavy atom. The van der Waals surface area contributed by atoms with Gasteiger partial charge in [0, 0.05) is 30.8 Å². The maximum atomic E-state index is 4.83. The highest BCUT2D eigenvalue weighted by Crippen LogP contribution is 2.41. The first kappa shape index (κ1) is 10.3. The summed E-state index contributed by atoms with van der Waals surface area (Å²) in [5.41, 5.74) is 3.12. The molecule has 92 valence electrons. The van der Waals surface area contributed by atoms with Crippen molar-refractivity contribution in [3.05, 3.63) is 11.6 Å². The number of piperidine rings is 2. The van der Waals surface area contributed by atoms with Gasteiger partial charge >= 0.3 is 0 Å². The van der Waals surface area contributed by atoms with Crippen LogP contribution in [0.15, 0.2) is 16.6 Å². The Labute approximate surface area is 104 Å². The number of fused-ring (bicyclic) bond motifs is 6. The number of hydrogen-bond acceptors (Lipinski definition) is 2. The van der Waals surface area contributed by atoms with Gasteiger partial charge in [0.2, 0.25) is 0 Å². The lowest BCUT2D eigenvalue weighted by molar-refractivity contribution is 0.0599. The molecule has 1 aliphatic carbocycles. The van der Waals surface area contributed by atoms with Crippen LogP contribution >= 0.6 is 0 Å². The molecular weight excluding hydrogens is 208 g/mol. The second-order valence-corrected chi connectivity index (χ2v) is 6.22. The second-order valence-electron chi connectivity index (χ2n) is 6.22. The Bertz CT molecular complexity index is 382. The molecule has 0 N–H and O–H groups in total. The normalized spacial score (nSPS) is 41.1. The summed E-state index contributed by atoms with van der Waals surface area (Å²) in [6, 6.07) is 0.871. The predicted molar refractivity (Wildman–Crippen MR) is 70.4 cm³/mol. The Kier molecular flexibility index (Phi) is 2.39. The van der Waals surface area contributed by atoms with Gasteiger partial charge in [-0.15, -0.1) is 0 Å². The van der Waals surface area contributed by atoms with E-state index in [0.29, 0.717) is 0 Å². The van der Waals surface area contributed by atoms with Crippen LogP contribution in [0.25, 0.3) is 0 Å². The Morgan fingerprint density at radius 1 is 1.24 bits per heavy atom. The van der Waals surface area contributed by atoms with E-state index in [4.69, 9.17) is 4.99 Å². The van der Waals surface area contributed by atoms with Crippen LogP contribution in [0.5, 0.6) is 0 Å². The molecule has 2 saturated heterocycles. The van der Waals surface area contributed by atoms with Gasteiger partial charge in [-0.1, -0.05) is 12.5 Å². The van der Waals surface area contributed by atoms with Gasteiger partial charge in [-0.25, -0.2) is 0 Å². The highest BCUT2D eigenvalue weighted by molar-refractivity contribution is 6.03. The number of aliphatic imine (C=N–C) groups is 1. The monoisotopic (exact) mass is 230 g/mol. The average molecular weight is 230 g/mol. The Morgan fingerprint density at radius 2 is 2.24 bits per heavy atom. The van der Waals surface area contributed by atoms with Gasteiger partial charge in [0.25, 0.3) is 0 Å². The van der Waals surface area contributed by atoms with Gasteiger partial charge in [-0.3, -0.25) is 9.89 Å². The molecule has 3 heterocycles. The second kappa shape index (κ2) is 3.94. The van der Waals surface area contributed by atoms with Crippen LogP contribution in [0.1, 0.15) is 38.5 Å². The lowest BCUT2D eigenvalue weighted by Crippen LogP contribution is -2.54. The topological polar surface area (TPSA) is 15.6 Å². The summed E-state index contributed by atoms with van der Waals surface area (Å²) in [5, 5.41) is 0. The number of allylic oxidation sites excluding steroid dienone is 1. The van der Waals surface area contributed by atoms with Crippen molar-refractivity contribution >= 4 is 5.71 Å². The zero-order valence-corrected chi connectivity index (χ0v) is 10.6. The molecule has 4 rings (SSSR count). The van der Waals surface area contributed by atoms with Gasteiger partial charge < -0.3 is 0 Å². The van der Waals surface area contributed by atoms with E-state index in [1.165, 1.54) is 57.3 Å². The van der Waals surface area contributed by atoms with Crippen molar-refractivity contribution in [2.45, 2.75) is 44.6 Å². The summed E-state index contributed by atoms with van der Waals surface area (Å²) in [5.74, 6) is 1.62. The maximum absolute atomic E-state index is 4.83. The Balaban J connectivity index is 1.70. The lowest BCUT2D eigenvalue weighted by atomic mass is 9.70. The van der Waals surface area contributed by atoms with Crippen molar-refractivity contribution in [2.24, 2.45) is 16.8 Å². The number of rotatable bonds is 0. The largest absolute Gasteiger partial charge is 0.299 e. The summed E-state index contributed by atoms with van der Waals surface area (Å²) in [6.07, 6.45) is 10.9. The van der Waals surface area contributed by atoms with Gasteiger partial charge in [-0.05, 0) is 50.1 Å². The number of nitrogens with zero attached hydrogens (tertiary/aromatic N) is 2. The van der Waals surface area contributed by atoms with E-state index < -0.39 is 0 Å². The van der Waals surface area contributed by atoms with Gasteiger partial charge in [-0.2, -0.15) is 0 Å². The SMILES string of the molecule is C1=C2CCCN=C2[C@H]2C[C@@H]1[C@H]1CCCCN1C2. The molecule has 0 aromatic carbocycles. The first-order valence-corrected chi connectivity index (χ1v) is 7.41. The van der Waals surface area contributed by atoms with Crippen LogP contribution in [0.4, 0.5) is 0 Å². The summed E-state index contributed by atoms with van der Waals surface area (Å²) in [6.45, 7) is 3.72. The van der Waals surface area contributed by atoms with E-state index in [0.717, 1.165) is 24.4 Å². The van der Waals surface area contributed by atoms with E-state index >= 15 is 0 Å². The highest BCUT2D eigenvalue weighted by atomic mass is 15.2. The van der Waals surface area contributed by atoms with Crippen LogP contribution in [-0.4, -0.2) is 36.3 Å². The third-order valence-electron chi connectivity index (χ3n) is 5.19. The third kappa shape index (κ3) is 1.61. The van der Waals surface area contributed by atoms with Gasteiger partial charge in [0.05, 0.1) is 0 Å². The third-order valence-corrected chi connectivity index (χ3v) is 5.19. The maximum Gasteiger partial charge on any atom is 0.0421 e. The zero-order valence-electron chi connectivity index (χ0n) is 10.6. The molecular formula is C15H22N2. The van der Waals surface area contributed by atoms with Crippen molar-refractivity contribution in [3.8, 4) is 0 Å². The van der Waals surface area contributed by atoms with Gasteiger partial charge in [0.15, 0.2) is 0 Å². The quantitative estimate of drug-likeness (QED) is 0.624. The van der Waals surface area contributed by atoms with Crippen molar-refractivity contribution in [2.75, 3.05) is 19.6 Å². The van der Waals surface area contributed by atoms with Gasteiger partial charge in [0.1, 0.15) is 0 Å². The standard InChI is InChI=1S/C15H22N2/c1-2-7-17-10-13-9-12(14(17)5-1)8-11-4-3-6-16-15(11)13/h8,12-14H,1-7,9-10H2/t12-,13+,14-/m1/s1. The molecule has 3 atom stereocenters. The molecule has 0 spiro atoms. The van der Waals surface area contributed by atoms with Crippen LogP contribution < -0.4 is 0 Å². The lowest BCUT2D eigenvalue weighted by Gasteiger charge is -2.49. The van der Waals surface area contributed by atoms with Crippen LogP contribution in [0, 0.1) is 11.8 Å². The van der Waals surface area contributed by atoms with Crippen molar-refractivity contribution in [1.29, 1.82) is 0 Å². The molecule has 2 heteroatoms. The summed E-state index contributed by atoms with van der Waals surface area (Å²) in [7, 11) is 0. The van der Waals surface area contributed by atoms with E-state index in [2.05, 4.69) is 11.0 Å². The average Bonchev–Trinajstić information content (AvgIpc) is 2.39. The summed E-state index contributed by atoms with van der Waals surface area (Å²) >= 11 is 0. The van der Waals surface area contributed by atoms with Crippen molar-refractivity contribution < 1.29 is 0 Å². The first-order chi connectivity index (χ1) is 8.42. The molecule has 2 nitrogen and oxygen atoms in total. The summed E-state index contributed by atoms with van der Waals surface area (Å²) < 4.78 is 0. The molecule has 0 unspecified atom stereocenters. The first-order valence-electron chi connectivity index (χ1n) is 7.41. The minimum atomic E-state index is 0.773. The van der Waals surface area contributed by atoms with E-state index in [-0.39, 0.29) is 0 Å². The molecule has 2 bridgehead atoms. The van der Waals surface area contributed by atoms with Crippen molar-refractivity contribution in [1.82, 2.24) is 4.90 Å². The molecule has 3 aliphatic heterocycles. The Hall–Kier alpha value is -0.630. The molecule has 0 aromatic rings. The fourth-order valence-corrected chi connectivity index (χ4v) is 4.47. The number of hydrogen-bond donors (Lipinski definition) is 0. The van der Waals surface area contributed by atoms with Crippen molar-refractivity contribution in [3.63, 3.8) is 0 Å².